The fourth-order valence-corrected chi connectivity index (χ4v) is 2.16. The average molecular weight is 272 g/mol. The highest BCUT2D eigenvalue weighted by molar-refractivity contribution is 5.97. The van der Waals surface area contributed by atoms with Gasteiger partial charge in [0.15, 0.2) is 0 Å². The predicted octanol–water partition coefficient (Wildman–Crippen LogP) is 2.85. The molecule has 0 radical (unpaired) electrons. The standard InChI is InChI=1S/C16H20N2O2/c17-11-3-1-2-10-16(19)20-15-9-5-6-12-13(15)7-4-8-14(12)18/h4-9H,1-3,10-11,17-18H2. The molecule has 2 aromatic carbocycles. The van der Waals surface area contributed by atoms with Crippen LogP contribution >= 0.6 is 0 Å². The van der Waals surface area contributed by atoms with Crippen LogP contribution in [0.15, 0.2) is 36.4 Å². The number of carbonyl (C=O) groups is 1. The minimum atomic E-state index is -0.211. The number of rotatable bonds is 6. The van der Waals surface area contributed by atoms with Crippen LogP contribution in [0.5, 0.6) is 5.75 Å². The molecule has 0 aliphatic heterocycles. The molecule has 0 fully saturated rings. The van der Waals surface area contributed by atoms with Crippen LogP contribution in [0.3, 0.4) is 0 Å². The van der Waals surface area contributed by atoms with E-state index in [0.29, 0.717) is 24.4 Å². The van der Waals surface area contributed by atoms with Crippen LogP contribution in [0.2, 0.25) is 0 Å². The third-order valence-electron chi connectivity index (χ3n) is 3.22. The zero-order chi connectivity index (χ0) is 14.4. The number of nitrogens with two attached hydrogens (primary N) is 2. The Morgan fingerprint density at radius 2 is 1.75 bits per heavy atom. The minimum absolute atomic E-state index is 0.211. The van der Waals surface area contributed by atoms with Crippen molar-refractivity contribution < 1.29 is 9.53 Å². The van der Waals surface area contributed by atoms with Gasteiger partial charge in [-0.25, -0.2) is 0 Å². The Morgan fingerprint density at radius 1 is 1.00 bits per heavy atom. The number of hydrogen-bond acceptors (Lipinski definition) is 4. The summed E-state index contributed by atoms with van der Waals surface area (Å²) in [6, 6.07) is 11.2. The zero-order valence-corrected chi connectivity index (χ0v) is 11.5. The first kappa shape index (κ1) is 14.3. The van der Waals surface area contributed by atoms with E-state index in [0.717, 1.165) is 30.0 Å². The van der Waals surface area contributed by atoms with E-state index in [4.69, 9.17) is 16.2 Å². The van der Waals surface area contributed by atoms with E-state index in [-0.39, 0.29) is 5.97 Å². The molecule has 2 rings (SSSR count). The third kappa shape index (κ3) is 3.48. The number of unbranched alkanes of at least 4 members (excludes halogenated alkanes) is 2. The van der Waals surface area contributed by atoms with Crippen LogP contribution in [0.4, 0.5) is 5.69 Å². The number of benzene rings is 2. The van der Waals surface area contributed by atoms with Crippen molar-refractivity contribution in [2.45, 2.75) is 25.7 Å². The Balaban J connectivity index is 2.06. The molecule has 0 aromatic heterocycles. The topological polar surface area (TPSA) is 78.3 Å². The van der Waals surface area contributed by atoms with Gasteiger partial charge >= 0.3 is 5.97 Å². The van der Waals surface area contributed by atoms with Gasteiger partial charge in [-0.15, -0.1) is 0 Å². The number of anilines is 1. The fourth-order valence-electron chi connectivity index (χ4n) is 2.16. The second-order valence-electron chi connectivity index (χ2n) is 4.77. The van der Waals surface area contributed by atoms with E-state index in [9.17, 15) is 4.79 Å². The molecular weight excluding hydrogens is 252 g/mol. The molecule has 0 atom stereocenters. The van der Waals surface area contributed by atoms with Crippen molar-refractivity contribution in [3.8, 4) is 5.75 Å². The molecule has 106 valence electrons. The van der Waals surface area contributed by atoms with Crippen LogP contribution in [0, 0.1) is 0 Å². The molecule has 2 aromatic rings. The first-order valence-electron chi connectivity index (χ1n) is 6.90. The van der Waals surface area contributed by atoms with Crippen molar-refractivity contribution >= 4 is 22.4 Å². The summed E-state index contributed by atoms with van der Waals surface area (Å²) in [6.07, 6.45) is 3.12. The summed E-state index contributed by atoms with van der Waals surface area (Å²) in [4.78, 5) is 11.8. The monoisotopic (exact) mass is 272 g/mol. The van der Waals surface area contributed by atoms with Crippen LogP contribution in [-0.4, -0.2) is 12.5 Å². The molecule has 0 unspecified atom stereocenters. The Hall–Kier alpha value is -2.07. The van der Waals surface area contributed by atoms with E-state index >= 15 is 0 Å². The van der Waals surface area contributed by atoms with Crippen LogP contribution < -0.4 is 16.2 Å². The number of nitrogen functional groups attached to an aromatic ring is 1. The number of esters is 1. The lowest BCUT2D eigenvalue weighted by Gasteiger charge is -2.09. The number of ether oxygens (including phenoxy) is 1. The summed E-state index contributed by atoms with van der Waals surface area (Å²) in [6.45, 7) is 0.664. The molecule has 0 saturated carbocycles. The molecule has 4 nitrogen and oxygen atoms in total. The summed E-state index contributed by atoms with van der Waals surface area (Å²) >= 11 is 0. The Morgan fingerprint density at radius 3 is 2.55 bits per heavy atom. The van der Waals surface area contributed by atoms with E-state index in [1.807, 2.05) is 30.3 Å². The van der Waals surface area contributed by atoms with Gasteiger partial charge in [0.1, 0.15) is 5.75 Å². The van der Waals surface area contributed by atoms with Gasteiger partial charge in [0, 0.05) is 22.9 Å². The highest BCUT2D eigenvalue weighted by Gasteiger charge is 2.08. The molecule has 4 N–H and O–H groups in total. The second-order valence-corrected chi connectivity index (χ2v) is 4.77. The molecule has 0 aliphatic carbocycles. The smallest absolute Gasteiger partial charge is 0.311 e. The van der Waals surface area contributed by atoms with Crippen LogP contribution in [-0.2, 0) is 4.79 Å². The van der Waals surface area contributed by atoms with Gasteiger partial charge in [0.2, 0.25) is 0 Å². The lowest BCUT2D eigenvalue weighted by Crippen LogP contribution is -2.08. The van der Waals surface area contributed by atoms with E-state index in [1.54, 1.807) is 6.07 Å². The van der Waals surface area contributed by atoms with E-state index in [1.165, 1.54) is 0 Å². The largest absolute Gasteiger partial charge is 0.426 e. The summed E-state index contributed by atoms with van der Waals surface area (Å²) in [5.74, 6) is 0.357. The molecule has 4 heteroatoms. The van der Waals surface area contributed by atoms with Gasteiger partial charge in [0.05, 0.1) is 0 Å². The maximum absolute atomic E-state index is 11.8. The Bertz CT molecular complexity index is 596. The van der Waals surface area contributed by atoms with Crippen molar-refractivity contribution in [3.05, 3.63) is 36.4 Å². The van der Waals surface area contributed by atoms with Crippen molar-refractivity contribution in [3.63, 3.8) is 0 Å². The molecule has 0 saturated heterocycles. The molecule has 0 heterocycles. The molecule has 0 spiro atoms. The van der Waals surface area contributed by atoms with Crippen LogP contribution in [0.25, 0.3) is 10.8 Å². The summed E-state index contributed by atoms with van der Waals surface area (Å²) in [7, 11) is 0. The number of carbonyl (C=O) groups excluding carboxylic acids is 1. The molecule has 20 heavy (non-hydrogen) atoms. The maximum Gasteiger partial charge on any atom is 0.311 e. The zero-order valence-electron chi connectivity index (χ0n) is 11.5. The third-order valence-corrected chi connectivity index (χ3v) is 3.22. The van der Waals surface area contributed by atoms with Crippen LogP contribution in [0.1, 0.15) is 25.7 Å². The highest BCUT2D eigenvalue weighted by Crippen LogP contribution is 2.29. The molecule has 0 amide bonds. The lowest BCUT2D eigenvalue weighted by molar-refractivity contribution is -0.134. The minimum Gasteiger partial charge on any atom is -0.426 e. The van der Waals surface area contributed by atoms with Gasteiger partial charge < -0.3 is 16.2 Å². The Labute approximate surface area is 118 Å². The second kappa shape index (κ2) is 6.91. The number of hydrogen-bond donors (Lipinski definition) is 2. The molecule has 0 aliphatic rings. The van der Waals surface area contributed by atoms with Crippen molar-refractivity contribution in [2.75, 3.05) is 12.3 Å². The van der Waals surface area contributed by atoms with E-state index < -0.39 is 0 Å². The first-order valence-corrected chi connectivity index (χ1v) is 6.90. The maximum atomic E-state index is 11.8. The summed E-state index contributed by atoms with van der Waals surface area (Å²) < 4.78 is 5.44. The van der Waals surface area contributed by atoms with Crippen molar-refractivity contribution in [1.29, 1.82) is 0 Å². The van der Waals surface area contributed by atoms with E-state index in [2.05, 4.69) is 0 Å². The quantitative estimate of drug-likeness (QED) is 0.367. The van der Waals surface area contributed by atoms with Gasteiger partial charge in [-0.2, -0.15) is 0 Å². The Kier molecular flexibility index (Phi) is 4.96. The van der Waals surface area contributed by atoms with Gasteiger partial charge in [-0.3, -0.25) is 4.79 Å². The molecular formula is C16H20N2O2. The van der Waals surface area contributed by atoms with Crippen molar-refractivity contribution in [1.82, 2.24) is 0 Å². The normalized spacial score (nSPS) is 10.7. The van der Waals surface area contributed by atoms with Crippen molar-refractivity contribution in [2.24, 2.45) is 5.73 Å². The van der Waals surface area contributed by atoms with Gasteiger partial charge in [0.25, 0.3) is 0 Å². The summed E-state index contributed by atoms with van der Waals surface area (Å²) in [5, 5.41) is 1.77. The fraction of sp³-hybridized carbons (Fsp3) is 0.312. The average Bonchev–Trinajstić information content (AvgIpc) is 2.45. The van der Waals surface area contributed by atoms with Gasteiger partial charge in [-0.05, 0) is 31.5 Å². The SMILES string of the molecule is NCCCCCC(=O)Oc1cccc2c(N)cccc12. The number of fused-ring (bicyclic) bond motifs is 1. The summed E-state index contributed by atoms with van der Waals surface area (Å²) in [5.41, 5.74) is 12.0. The molecule has 0 bridgehead atoms. The first-order chi connectivity index (χ1) is 9.72. The predicted molar refractivity (Wildman–Crippen MR) is 81.5 cm³/mol. The van der Waals surface area contributed by atoms with Gasteiger partial charge in [-0.1, -0.05) is 30.7 Å². The lowest BCUT2D eigenvalue weighted by atomic mass is 10.1. The highest BCUT2D eigenvalue weighted by atomic mass is 16.5.